The molecule has 2 rings (SSSR count). The van der Waals surface area contributed by atoms with Crippen LogP contribution in [-0.2, 0) is 0 Å². The van der Waals surface area contributed by atoms with Crippen LogP contribution >= 0.6 is 0 Å². The van der Waals surface area contributed by atoms with Gasteiger partial charge in [-0.15, -0.1) is 0 Å². The summed E-state index contributed by atoms with van der Waals surface area (Å²) < 4.78 is 16.2. The predicted octanol–water partition coefficient (Wildman–Crippen LogP) is 2.30. The predicted molar refractivity (Wildman–Crippen MR) is 70.6 cm³/mol. The summed E-state index contributed by atoms with van der Waals surface area (Å²) in [6, 6.07) is 3.99. The number of benzene rings is 1. The quantitative estimate of drug-likeness (QED) is 0.831. The van der Waals surface area contributed by atoms with Crippen molar-refractivity contribution in [2.75, 3.05) is 27.9 Å². The summed E-state index contributed by atoms with van der Waals surface area (Å²) in [5.74, 6) is 2.32. The van der Waals surface area contributed by atoms with E-state index in [9.17, 15) is 0 Å². The molecule has 0 amide bonds. The van der Waals surface area contributed by atoms with Crippen molar-refractivity contribution in [1.29, 1.82) is 0 Å². The monoisotopic (exact) mass is 249 g/mol. The highest BCUT2D eigenvalue weighted by atomic mass is 16.5. The molecule has 4 heteroatoms. The Bertz CT molecular complexity index is 418. The minimum Gasteiger partial charge on any atom is -0.496 e. The van der Waals surface area contributed by atoms with Crippen LogP contribution in [0.2, 0.25) is 0 Å². The van der Waals surface area contributed by atoms with Gasteiger partial charge in [0.15, 0.2) is 0 Å². The van der Waals surface area contributed by atoms with E-state index in [1.54, 1.807) is 21.3 Å². The molecule has 0 spiro atoms. The highest BCUT2D eigenvalue weighted by Gasteiger charge is 2.22. The third kappa shape index (κ3) is 2.43. The zero-order valence-corrected chi connectivity index (χ0v) is 11.0. The fourth-order valence-corrected chi connectivity index (χ4v) is 2.21. The second kappa shape index (κ2) is 5.78. The van der Waals surface area contributed by atoms with Gasteiger partial charge >= 0.3 is 0 Å². The van der Waals surface area contributed by atoms with Gasteiger partial charge in [0.1, 0.15) is 17.2 Å². The Kier molecular flexibility index (Phi) is 4.10. The zero-order valence-electron chi connectivity index (χ0n) is 11.0. The first-order valence-electron chi connectivity index (χ1n) is 5.98. The van der Waals surface area contributed by atoms with Gasteiger partial charge < -0.3 is 19.5 Å². The molecule has 1 aromatic rings. The molecule has 0 fully saturated rings. The standard InChI is InChI=1S/C14H19NO3/c1-16-10-8-12(17-2)14(13(9-10)18-3)11-6-4-5-7-15-11/h4-5,8-9,11,15H,6-7H2,1-3H3. The smallest absolute Gasteiger partial charge is 0.131 e. The van der Waals surface area contributed by atoms with E-state index < -0.39 is 0 Å². The maximum Gasteiger partial charge on any atom is 0.131 e. The largest absolute Gasteiger partial charge is 0.496 e. The molecule has 1 aliphatic rings. The van der Waals surface area contributed by atoms with Gasteiger partial charge in [0.05, 0.1) is 26.9 Å². The molecule has 0 saturated carbocycles. The van der Waals surface area contributed by atoms with E-state index in [4.69, 9.17) is 14.2 Å². The number of methoxy groups -OCH3 is 3. The average Bonchev–Trinajstić information content (AvgIpc) is 2.46. The summed E-state index contributed by atoms with van der Waals surface area (Å²) in [4.78, 5) is 0. The second-order valence-corrected chi connectivity index (χ2v) is 4.11. The van der Waals surface area contributed by atoms with Gasteiger partial charge in [0, 0.05) is 24.7 Å². The molecule has 98 valence electrons. The lowest BCUT2D eigenvalue weighted by Crippen LogP contribution is -2.24. The molecule has 0 aromatic heterocycles. The summed E-state index contributed by atoms with van der Waals surface area (Å²) in [6.45, 7) is 0.864. The molecule has 4 nitrogen and oxygen atoms in total. The van der Waals surface area contributed by atoms with E-state index in [-0.39, 0.29) is 6.04 Å². The highest BCUT2D eigenvalue weighted by molar-refractivity contribution is 5.52. The lowest BCUT2D eigenvalue weighted by Gasteiger charge is -2.24. The van der Waals surface area contributed by atoms with Crippen LogP contribution in [0.5, 0.6) is 17.2 Å². The van der Waals surface area contributed by atoms with E-state index in [0.29, 0.717) is 0 Å². The zero-order chi connectivity index (χ0) is 13.0. The molecule has 0 radical (unpaired) electrons. The number of ether oxygens (including phenoxy) is 3. The van der Waals surface area contributed by atoms with Gasteiger partial charge in [-0.2, -0.15) is 0 Å². The third-order valence-electron chi connectivity index (χ3n) is 3.12. The lowest BCUT2D eigenvalue weighted by molar-refractivity contribution is 0.358. The molecule has 1 N–H and O–H groups in total. The van der Waals surface area contributed by atoms with Crippen LogP contribution in [0.3, 0.4) is 0 Å². The summed E-state index contributed by atoms with van der Waals surface area (Å²) in [7, 11) is 4.96. The Morgan fingerprint density at radius 1 is 1.00 bits per heavy atom. The number of hydrogen-bond acceptors (Lipinski definition) is 4. The Morgan fingerprint density at radius 3 is 2.11 bits per heavy atom. The average molecular weight is 249 g/mol. The Hall–Kier alpha value is -1.68. The molecular formula is C14H19NO3. The van der Waals surface area contributed by atoms with Crippen LogP contribution in [-0.4, -0.2) is 27.9 Å². The fraction of sp³-hybridized carbons (Fsp3) is 0.429. The Balaban J connectivity index is 2.45. The van der Waals surface area contributed by atoms with Crippen molar-refractivity contribution in [3.8, 4) is 17.2 Å². The van der Waals surface area contributed by atoms with Crippen LogP contribution < -0.4 is 19.5 Å². The van der Waals surface area contributed by atoms with Gasteiger partial charge in [0.2, 0.25) is 0 Å². The summed E-state index contributed by atoms with van der Waals surface area (Å²) >= 11 is 0. The molecule has 1 aliphatic heterocycles. The van der Waals surface area contributed by atoms with E-state index >= 15 is 0 Å². The topological polar surface area (TPSA) is 39.7 Å². The molecule has 18 heavy (non-hydrogen) atoms. The van der Waals surface area contributed by atoms with Crippen LogP contribution in [0, 0.1) is 0 Å². The number of rotatable bonds is 4. The molecular weight excluding hydrogens is 230 g/mol. The first kappa shape index (κ1) is 12.8. The van der Waals surface area contributed by atoms with Crippen molar-refractivity contribution in [2.45, 2.75) is 12.5 Å². The van der Waals surface area contributed by atoms with E-state index in [1.165, 1.54) is 0 Å². The van der Waals surface area contributed by atoms with E-state index in [2.05, 4.69) is 17.5 Å². The first-order valence-corrected chi connectivity index (χ1v) is 5.98. The number of nitrogens with one attached hydrogen (secondary N) is 1. The van der Waals surface area contributed by atoms with Crippen molar-refractivity contribution in [3.05, 3.63) is 29.8 Å². The van der Waals surface area contributed by atoms with Gasteiger partial charge in [-0.05, 0) is 6.42 Å². The summed E-state index contributed by atoms with van der Waals surface area (Å²) in [5.41, 5.74) is 1.05. The normalized spacial score (nSPS) is 18.5. The van der Waals surface area contributed by atoms with Crippen LogP contribution in [0.1, 0.15) is 18.0 Å². The van der Waals surface area contributed by atoms with Crippen LogP contribution in [0.4, 0.5) is 0 Å². The molecule has 0 aliphatic carbocycles. The van der Waals surface area contributed by atoms with Gasteiger partial charge in [-0.3, -0.25) is 0 Å². The molecule has 1 atom stereocenters. The van der Waals surface area contributed by atoms with Gasteiger partial charge in [-0.1, -0.05) is 12.2 Å². The lowest BCUT2D eigenvalue weighted by atomic mass is 9.99. The molecule has 1 heterocycles. The Morgan fingerprint density at radius 2 is 1.67 bits per heavy atom. The van der Waals surface area contributed by atoms with E-state index in [1.807, 2.05) is 12.1 Å². The van der Waals surface area contributed by atoms with E-state index in [0.717, 1.165) is 35.8 Å². The van der Waals surface area contributed by atoms with Crippen molar-refractivity contribution in [3.63, 3.8) is 0 Å². The fourth-order valence-electron chi connectivity index (χ4n) is 2.21. The van der Waals surface area contributed by atoms with Crippen molar-refractivity contribution in [2.24, 2.45) is 0 Å². The minimum atomic E-state index is 0.214. The number of hydrogen-bond donors (Lipinski definition) is 1. The summed E-state index contributed by atoms with van der Waals surface area (Å²) in [5, 5.41) is 3.43. The molecule has 1 aromatic carbocycles. The van der Waals surface area contributed by atoms with Gasteiger partial charge in [0.25, 0.3) is 0 Å². The summed E-state index contributed by atoms with van der Waals surface area (Å²) in [6.07, 6.45) is 5.22. The third-order valence-corrected chi connectivity index (χ3v) is 3.12. The maximum atomic E-state index is 5.46. The second-order valence-electron chi connectivity index (χ2n) is 4.11. The van der Waals surface area contributed by atoms with Crippen molar-refractivity contribution < 1.29 is 14.2 Å². The SMILES string of the molecule is COc1cc(OC)c(C2CC=CCN2)c(OC)c1. The van der Waals surface area contributed by atoms with Crippen molar-refractivity contribution >= 4 is 0 Å². The minimum absolute atomic E-state index is 0.214. The van der Waals surface area contributed by atoms with Crippen molar-refractivity contribution in [1.82, 2.24) is 5.32 Å². The maximum absolute atomic E-state index is 5.46. The van der Waals surface area contributed by atoms with Crippen LogP contribution in [0.25, 0.3) is 0 Å². The van der Waals surface area contributed by atoms with Gasteiger partial charge in [-0.25, -0.2) is 0 Å². The van der Waals surface area contributed by atoms with Crippen LogP contribution in [0.15, 0.2) is 24.3 Å². The molecule has 0 bridgehead atoms. The first-order chi connectivity index (χ1) is 8.80. The Labute approximate surface area is 108 Å². The molecule has 0 saturated heterocycles. The highest BCUT2D eigenvalue weighted by Crippen LogP contribution is 2.39. The molecule has 1 unspecified atom stereocenters.